The number of benzene rings is 3. The van der Waals surface area contributed by atoms with Crippen molar-refractivity contribution in [3.8, 4) is 16.9 Å². The molecule has 1 aliphatic rings. The van der Waals surface area contributed by atoms with Crippen LogP contribution >= 0.6 is 0 Å². The van der Waals surface area contributed by atoms with Crippen molar-refractivity contribution in [2.75, 3.05) is 26.3 Å². The number of aromatic carboxylic acids is 1. The highest BCUT2D eigenvalue weighted by Crippen LogP contribution is 2.39. The summed E-state index contributed by atoms with van der Waals surface area (Å²) in [7, 11) is 1.92. The quantitative estimate of drug-likeness (QED) is 0.179. The number of nitrogens with one attached hydrogen (secondary N) is 1. The highest BCUT2D eigenvalue weighted by molar-refractivity contribution is 6.04. The van der Waals surface area contributed by atoms with Crippen LogP contribution in [-0.4, -0.2) is 51.7 Å². The number of carboxylic acid groups (broad SMARTS) is 1. The standard InChI is InChI=1S/C32H32FN3O4.C4H11N/c1-20-29-25-12-7-11-23-24(13-8-18-40-28-15-14-26(33)21-9-3-4-10-22(21)28)31(32(37)38)36(30(23)25)16-5-6-17-39-19-27(29)35(2)34-20;1-3-5-4-2/h3-4,7,9-12,14-15H,5-6,8,13,16-19H2,1-2H3,(H,37,38);5H,3-4H2,1-2H3. The van der Waals surface area contributed by atoms with E-state index in [2.05, 4.69) is 30.3 Å². The molecule has 5 aromatic rings. The highest BCUT2D eigenvalue weighted by atomic mass is 19.1. The van der Waals surface area contributed by atoms with Gasteiger partial charge in [-0.1, -0.05) is 56.3 Å². The third-order valence-electron chi connectivity index (χ3n) is 8.32. The van der Waals surface area contributed by atoms with Crippen LogP contribution in [0.4, 0.5) is 4.39 Å². The van der Waals surface area contributed by atoms with Gasteiger partial charge in [0.15, 0.2) is 0 Å². The van der Waals surface area contributed by atoms with Crippen molar-refractivity contribution in [3.63, 3.8) is 0 Å². The van der Waals surface area contributed by atoms with Crippen LogP contribution in [0.5, 0.6) is 5.75 Å². The van der Waals surface area contributed by atoms with Crippen molar-refractivity contribution in [1.29, 1.82) is 0 Å². The van der Waals surface area contributed by atoms with E-state index in [1.807, 2.05) is 47.5 Å². The molecule has 3 aromatic carbocycles. The molecule has 0 amide bonds. The lowest BCUT2D eigenvalue weighted by atomic mass is 9.98. The van der Waals surface area contributed by atoms with E-state index >= 15 is 0 Å². The molecule has 9 heteroatoms. The van der Waals surface area contributed by atoms with Gasteiger partial charge in [0.2, 0.25) is 0 Å². The van der Waals surface area contributed by atoms with E-state index in [1.165, 1.54) is 6.07 Å². The molecule has 238 valence electrons. The number of aromatic nitrogens is 3. The molecule has 2 aromatic heterocycles. The van der Waals surface area contributed by atoms with Gasteiger partial charge in [0.05, 0.1) is 30.1 Å². The summed E-state index contributed by atoms with van der Waals surface area (Å²) in [5.41, 5.74) is 5.93. The van der Waals surface area contributed by atoms with Gasteiger partial charge in [-0.2, -0.15) is 5.10 Å². The summed E-state index contributed by atoms with van der Waals surface area (Å²) >= 11 is 0. The second-order valence-electron chi connectivity index (χ2n) is 11.3. The predicted molar refractivity (Wildman–Crippen MR) is 177 cm³/mol. The van der Waals surface area contributed by atoms with Gasteiger partial charge in [-0.25, -0.2) is 9.18 Å². The summed E-state index contributed by atoms with van der Waals surface area (Å²) < 4.78 is 30.1. The average molecular weight is 615 g/mol. The number of halogens is 1. The number of para-hydroxylation sites is 1. The zero-order valence-electron chi connectivity index (χ0n) is 26.7. The molecule has 2 N–H and O–H groups in total. The topological polar surface area (TPSA) is 90.5 Å². The number of rotatable bonds is 8. The van der Waals surface area contributed by atoms with Crippen molar-refractivity contribution in [1.82, 2.24) is 19.7 Å². The minimum absolute atomic E-state index is 0.282. The van der Waals surface area contributed by atoms with Crippen molar-refractivity contribution in [2.45, 2.75) is 59.6 Å². The zero-order valence-corrected chi connectivity index (χ0v) is 26.7. The molecule has 0 unspecified atom stereocenters. The second-order valence-corrected chi connectivity index (χ2v) is 11.3. The molecule has 0 aliphatic carbocycles. The van der Waals surface area contributed by atoms with Crippen LogP contribution in [0.15, 0.2) is 54.6 Å². The summed E-state index contributed by atoms with van der Waals surface area (Å²) in [5.74, 6) is -0.593. The van der Waals surface area contributed by atoms with E-state index in [0.29, 0.717) is 56.0 Å². The van der Waals surface area contributed by atoms with E-state index in [-0.39, 0.29) is 5.82 Å². The maximum Gasteiger partial charge on any atom is 0.352 e. The van der Waals surface area contributed by atoms with Gasteiger partial charge in [0.25, 0.3) is 0 Å². The van der Waals surface area contributed by atoms with E-state index in [0.717, 1.165) is 70.3 Å². The predicted octanol–water partition coefficient (Wildman–Crippen LogP) is 7.28. The molecule has 0 spiro atoms. The van der Waals surface area contributed by atoms with Crippen LogP contribution < -0.4 is 10.1 Å². The maximum absolute atomic E-state index is 14.2. The first-order valence-electron chi connectivity index (χ1n) is 15.9. The van der Waals surface area contributed by atoms with Crippen LogP contribution in [0.3, 0.4) is 0 Å². The molecule has 8 nitrogen and oxygen atoms in total. The number of carbonyl (C=O) groups is 1. The second kappa shape index (κ2) is 14.7. The zero-order chi connectivity index (χ0) is 31.9. The van der Waals surface area contributed by atoms with E-state index < -0.39 is 5.97 Å². The molecule has 0 radical (unpaired) electrons. The fourth-order valence-corrected chi connectivity index (χ4v) is 6.31. The average Bonchev–Trinajstić information content (AvgIpc) is 3.49. The summed E-state index contributed by atoms with van der Waals surface area (Å²) in [4.78, 5) is 12.7. The van der Waals surface area contributed by atoms with E-state index in [9.17, 15) is 14.3 Å². The van der Waals surface area contributed by atoms with Crippen LogP contribution in [0.2, 0.25) is 0 Å². The summed E-state index contributed by atoms with van der Waals surface area (Å²) in [6.07, 6.45) is 2.80. The van der Waals surface area contributed by atoms with Crippen molar-refractivity contribution in [2.24, 2.45) is 7.05 Å². The number of hydrogen-bond acceptors (Lipinski definition) is 5. The Labute approximate surface area is 263 Å². The third-order valence-corrected chi connectivity index (χ3v) is 8.32. The molecule has 0 atom stereocenters. The molecule has 0 saturated carbocycles. The Kier molecular flexibility index (Phi) is 10.5. The van der Waals surface area contributed by atoms with Gasteiger partial charge in [0.1, 0.15) is 17.3 Å². The molecule has 3 heterocycles. The van der Waals surface area contributed by atoms with Crippen molar-refractivity contribution >= 4 is 27.6 Å². The van der Waals surface area contributed by atoms with Crippen molar-refractivity contribution < 1.29 is 23.8 Å². The molecule has 6 rings (SSSR count). The summed E-state index contributed by atoms with van der Waals surface area (Å²) in [6.45, 7) is 10.4. The van der Waals surface area contributed by atoms with Crippen molar-refractivity contribution in [3.05, 3.63) is 83.1 Å². The molecule has 0 bridgehead atoms. The largest absolute Gasteiger partial charge is 0.493 e. The van der Waals surface area contributed by atoms with Crippen LogP contribution in [-0.2, 0) is 31.4 Å². The van der Waals surface area contributed by atoms with Gasteiger partial charge in [-0.05, 0) is 63.4 Å². The van der Waals surface area contributed by atoms with Crippen LogP contribution in [0, 0.1) is 12.7 Å². The fourth-order valence-electron chi connectivity index (χ4n) is 6.31. The lowest BCUT2D eigenvalue weighted by Crippen LogP contribution is -2.12. The van der Waals surface area contributed by atoms with Gasteiger partial charge in [0, 0.05) is 47.5 Å². The van der Waals surface area contributed by atoms with Gasteiger partial charge in [-0.3, -0.25) is 4.68 Å². The first-order chi connectivity index (χ1) is 21.9. The SMILES string of the molecule is CCNCC.Cc1nn(C)c2c1-c1cccc3c(CCCOc4ccc(F)c5ccccc45)c(C(=O)O)n(c13)CCCCOC2. The molecular weight excluding hydrogens is 571 g/mol. The Morgan fingerprint density at radius 1 is 1.04 bits per heavy atom. The fraction of sp³-hybridized carbons (Fsp3) is 0.389. The monoisotopic (exact) mass is 614 g/mol. The minimum atomic E-state index is -0.933. The number of fused-ring (bicyclic) bond motifs is 3. The lowest BCUT2D eigenvalue weighted by molar-refractivity contribution is 0.0683. The first-order valence-corrected chi connectivity index (χ1v) is 15.9. The number of aryl methyl sites for hydroxylation is 4. The normalized spacial score (nSPS) is 13.2. The smallest absolute Gasteiger partial charge is 0.352 e. The third kappa shape index (κ3) is 6.74. The van der Waals surface area contributed by atoms with Crippen LogP contribution in [0.1, 0.15) is 60.5 Å². The van der Waals surface area contributed by atoms with Crippen LogP contribution in [0.25, 0.3) is 32.8 Å². The summed E-state index contributed by atoms with van der Waals surface area (Å²) in [6, 6.07) is 16.4. The van der Waals surface area contributed by atoms with Gasteiger partial charge in [-0.15, -0.1) is 0 Å². The van der Waals surface area contributed by atoms with Gasteiger partial charge < -0.3 is 24.5 Å². The number of hydrogen-bond donors (Lipinski definition) is 2. The molecule has 45 heavy (non-hydrogen) atoms. The minimum Gasteiger partial charge on any atom is -0.493 e. The Bertz CT molecular complexity index is 1790. The Hall–Kier alpha value is -4.21. The number of carboxylic acids is 1. The lowest BCUT2D eigenvalue weighted by Gasteiger charge is -2.12. The Morgan fingerprint density at radius 2 is 1.80 bits per heavy atom. The molecule has 0 fully saturated rings. The van der Waals surface area contributed by atoms with E-state index in [4.69, 9.17) is 9.47 Å². The Morgan fingerprint density at radius 3 is 2.53 bits per heavy atom. The molecular formula is C36H43FN4O4. The number of nitrogens with zero attached hydrogens (tertiary/aromatic N) is 3. The molecule has 1 aliphatic heterocycles. The Balaban J connectivity index is 0.000000743. The molecule has 0 saturated heterocycles. The maximum atomic E-state index is 14.2. The summed E-state index contributed by atoms with van der Waals surface area (Å²) in [5, 5.41) is 20.4. The first kappa shape index (κ1) is 32.2. The highest BCUT2D eigenvalue weighted by Gasteiger charge is 2.27. The van der Waals surface area contributed by atoms with Gasteiger partial charge >= 0.3 is 5.97 Å². The van der Waals surface area contributed by atoms with E-state index in [1.54, 1.807) is 18.2 Å². The number of ether oxygens (including phenoxy) is 2.